The number of hydrogen-bond donors (Lipinski definition) is 0. The Kier molecular flexibility index (Phi) is 3.62. The molecule has 0 saturated heterocycles. The topological polar surface area (TPSA) is 22.0 Å². The third kappa shape index (κ3) is 2.12. The Morgan fingerprint density at radius 2 is 2.06 bits per heavy atom. The van der Waals surface area contributed by atoms with Gasteiger partial charge >= 0.3 is 0 Å². The van der Waals surface area contributed by atoms with Gasteiger partial charge in [-0.25, -0.2) is 0 Å². The molecule has 1 aromatic carbocycles. The molecule has 2 rings (SSSR count). The van der Waals surface area contributed by atoms with Gasteiger partial charge in [0, 0.05) is 35.1 Å². The lowest BCUT2D eigenvalue weighted by Gasteiger charge is -2.03. The average molecular weight is 236 g/mol. The van der Waals surface area contributed by atoms with Crippen LogP contribution in [0.4, 0.5) is 0 Å². The van der Waals surface area contributed by atoms with Crippen LogP contribution in [0.3, 0.4) is 0 Å². The van der Waals surface area contributed by atoms with Crippen molar-refractivity contribution in [2.75, 3.05) is 5.88 Å². The number of rotatable bonds is 5. The summed E-state index contributed by atoms with van der Waals surface area (Å²) in [6.45, 7) is 0.918. The van der Waals surface area contributed by atoms with Gasteiger partial charge in [-0.2, -0.15) is 0 Å². The van der Waals surface area contributed by atoms with Gasteiger partial charge in [-0.05, 0) is 18.9 Å². The molecule has 2 aromatic rings. The quantitative estimate of drug-likeness (QED) is 0.442. The van der Waals surface area contributed by atoms with Gasteiger partial charge < -0.3 is 4.57 Å². The molecule has 2 nitrogen and oxygen atoms in total. The van der Waals surface area contributed by atoms with Crippen LogP contribution in [0.15, 0.2) is 30.5 Å². The van der Waals surface area contributed by atoms with Gasteiger partial charge in [-0.3, -0.25) is 4.79 Å². The van der Waals surface area contributed by atoms with Crippen LogP contribution in [0.2, 0.25) is 0 Å². The number of hydrogen-bond acceptors (Lipinski definition) is 1. The number of carbonyl (C=O) groups is 1. The summed E-state index contributed by atoms with van der Waals surface area (Å²) in [6.07, 6.45) is 4.89. The van der Waals surface area contributed by atoms with Crippen molar-refractivity contribution in [1.29, 1.82) is 0 Å². The fraction of sp³-hybridized carbons (Fsp3) is 0.308. The minimum Gasteiger partial charge on any atom is -0.347 e. The molecule has 0 spiro atoms. The summed E-state index contributed by atoms with van der Waals surface area (Å²) in [4.78, 5) is 10.9. The first-order chi connectivity index (χ1) is 7.86. The van der Waals surface area contributed by atoms with E-state index in [2.05, 4.69) is 4.57 Å². The molecule has 0 aliphatic carbocycles. The third-order valence-corrected chi connectivity index (χ3v) is 3.00. The lowest BCUT2D eigenvalue weighted by atomic mass is 10.2. The molecular weight excluding hydrogens is 222 g/mol. The van der Waals surface area contributed by atoms with E-state index in [9.17, 15) is 4.79 Å². The number of fused-ring (bicyclic) bond motifs is 1. The number of aromatic nitrogens is 1. The van der Waals surface area contributed by atoms with Crippen LogP contribution in [0.1, 0.15) is 23.2 Å². The monoisotopic (exact) mass is 235 g/mol. The first kappa shape index (κ1) is 11.2. The summed E-state index contributed by atoms with van der Waals surface area (Å²) >= 11 is 5.65. The Hall–Kier alpha value is -1.28. The number of halogens is 1. The summed E-state index contributed by atoms with van der Waals surface area (Å²) < 4.78 is 2.13. The first-order valence-electron chi connectivity index (χ1n) is 5.46. The lowest BCUT2D eigenvalue weighted by molar-refractivity contribution is 0.112. The summed E-state index contributed by atoms with van der Waals surface area (Å²) in [5.41, 5.74) is 1.89. The number of para-hydroxylation sites is 1. The Morgan fingerprint density at radius 3 is 2.81 bits per heavy atom. The van der Waals surface area contributed by atoms with Crippen LogP contribution in [0.5, 0.6) is 0 Å². The van der Waals surface area contributed by atoms with Crippen LogP contribution >= 0.6 is 11.6 Å². The summed E-state index contributed by atoms with van der Waals surface area (Å²) in [5, 5.41) is 1.03. The van der Waals surface area contributed by atoms with Crippen molar-refractivity contribution in [3.63, 3.8) is 0 Å². The van der Waals surface area contributed by atoms with Crippen LogP contribution in [-0.2, 0) is 6.54 Å². The van der Waals surface area contributed by atoms with Crippen molar-refractivity contribution in [2.24, 2.45) is 0 Å². The Labute approximate surface area is 99.8 Å². The van der Waals surface area contributed by atoms with E-state index < -0.39 is 0 Å². The highest BCUT2D eigenvalue weighted by molar-refractivity contribution is 6.17. The minimum atomic E-state index is 0.694. The second-order valence-electron chi connectivity index (χ2n) is 3.81. The number of carbonyl (C=O) groups excluding carboxylic acids is 1. The molecule has 0 bridgehead atoms. The zero-order valence-corrected chi connectivity index (χ0v) is 9.78. The maximum absolute atomic E-state index is 10.9. The van der Waals surface area contributed by atoms with E-state index in [4.69, 9.17) is 11.6 Å². The van der Waals surface area contributed by atoms with Gasteiger partial charge in [0.1, 0.15) is 0 Å². The summed E-state index contributed by atoms with van der Waals surface area (Å²) in [6, 6.07) is 7.98. The van der Waals surface area contributed by atoms with Gasteiger partial charge in [-0.1, -0.05) is 18.2 Å². The smallest absolute Gasteiger partial charge is 0.152 e. The zero-order chi connectivity index (χ0) is 11.4. The van der Waals surface area contributed by atoms with Crippen molar-refractivity contribution in [2.45, 2.75) is 19.4 Å². The molecule has 3 heteroatoms. The maximum Gasteiger partial charge on any atom is 0.152 e. The molecule has 0 saturated carbocycles. The molecule has 1 heterocycles. The molecule has 0 amide bonds. The predicted octanol–water partition coefficient (Wildman–Crippen LogP) is 3.47. The van der Waals surface area contributed by atoms with E-state index in [1.165, 1.54) is 0 Å². The van der Waals surface area contributed by atoms with Crippen molar-refractivity contribution in [1.82, 2.24) is 4.57 Å². The fourth-order valence-corrected chi connectivity index (χ4v) is 2.12. The van der Waals surface area contributed by atoms with E-state index >= 15 is 0 Å². The standard InChI is InChI=1S/C13H14ClNO/c14-7-3-4-8-15-9-11(10-16)12-5-1-2-6-13(12)15/h1-2,5-6,9-10H,3-4,7-8H2. The van der Waals surface area contributed by atoms with Gasteiger partial charge in [0.05, 0.1) is 0 Å². The SMILES string of the molecule is O=Cc1cn(CCCCCl)c2ccccc12. The third-order valence-electron chi connectivity index (χ3n) is 2.73. The number of unbranched alkanes of at least 4 members (excludes halogenated alkanes) is 1. The Morgan fingerprint density at radius 1 is 1.25 bits per heavy atom. The molecule has 1 aromatic heterocycles. The molecule has 0 atom stereocenters. The zero-order valence-electron chi connectivity index (χ0n) is 9.03. The average Bonchev–Trinajstić information content (AvgIpc) is 2.68. The van der Waals surface area contributed by atoms with Gasteiger partial charge in [-0.15, -0.1) is 11.6 Å². The van der Waals surface area contributed by atoms with E-state index in [0.717, 1.165) is 42.1 Å². The van der Waals surface area contributed by atoms with Crippen molar-refractivity contribution in [3.05, 3.63) is 36.0 Å². The highest BCUT2D eigenvalue weighted by Gasteiger charge is 2.06. The van der Waals surface area contributed by atoms with Crippen LogP contribution < -0.4 is 0 Å². The molecule has 84 valence electrons. The molecule has 0 unspecified atom stereocenters. The fourth-order valence-electron chi connectivity index (χ4n) is 1.93. The summed E-state index contributed by atoms with van der Waals surface area (Å²) in [7, 11) is 0. The van der Waals surface area contributed by atoms with Crippen molar-refractivity contribution in [3.8, 4) is 0 Å². The first-order valence-corrected chi connectivity index (χ1v) is 5.99. The maximum atomic E-state index is 10.9. The molecule has 16 heavy (non-hydrogen) atoms. The molecule has 0 fully saturated rings. The van der Waals surface area contributed by atoms with E-state index in [1.807, 2.05) is 30.5 Å². The second-order valence-corrected chi connectivity index (χ2v) is 4.19. The molecule has 0 radical (unpaired) electrons. The normalized spacial score (nSPS) is 10.8. The highest BCUT2D eigenvalue weighted by atomic mass is 35.5. The van der Waals surface area contributed by atoms with Gasteiger partial charge in [0.25, 0.3) is 0 Å². The molecule has 0 aliphatic heterocycles. The number of alkyl halides is 1. The predicted molar refractivity (Wildman–Crippen MR) is 67.3 cm³/mol. The second kappa shape index (κ2) is 5.17. The Bertz CT molecular complexity index is 490. The van der Waals surface area contributed by atoms with Gasteiger partial charge in [0.15, 0.2) is 6.29 Å². The minimum absolute atomic E-state index is 0.694. The number of aldehydes is 1. The molecular formula is C13H14ClNO. The van der Waals surface area contributed by atoms with Crippen molar-refractivity contribution >= 4 is 28.8 Å². The summed E-state index contributed by atoms with van der Waals surface area (Å²) in [5.74, 6) is 0.694. The number of aryl methyl sites for hydroxylation is 1. The van der Waals surface area contributed by atoms with Crippen LogP contribution in [-0.4, -0.2) is 16.7 Å². The van der Waals surface area contributed by atoms with E-state index in [1.54, 1.807) is 0 Å². The number of benzene rings is 1. The molecule has 0 aliphatic rings. The van der Waals surface area contributed by atoms with Gasteiger partial charge in [0.2, 0.25) is 0 Å². The van der Waals surface area contributed by atoms with Crippen LogP contribution in [0.25, 0.3) is 10.9 Å². The van der Waals surface area contributed by atoms with Crippen LogP contribution in [0, 0.1) is 0 Å². The van der Waals surface area contributed by atoms with E-state index in [0.29, 0.717) is 5.88 Å². The van der Waals surface area contributed by atoms with Crippen molar-refractivity contribution < 1.29 is 4.79 Å². The highest BCUT2D eigenvalue weighted by Crippen LogP contribution is 2.20. The lowest BCUT2D eigenvalue weighted by Crippen LogP contribution is -1.96. The Balaban J connectivity index is 2.33. The largest absolute Gasteiger partial charge is 0.347 e. The molecule has 0 N–H and O–H groups in total. The number of nitrogens with zero attached hydrogens (tertiary/aromatic N) is 1. The van der Waals surface area contributed by atoms with E-state index in [-0.39, 0.29) is 0 Å².